The Balaban J connectivity index is 1.89. The first-order chi connectivity index (χ1) is 9.85. The highest BCUT2D eigenvalue weighted by atomic mass is 35.5. The predicted octanol–water partition coefficient (Wildman–Crippen LogP) is 2.18. The molecule has 0 spiro atoms. The molecule has 0 radical (unpaired) electrons. The van der Waals surface area contributed by atoms with Crippen molar-refractivity contribution in [2.45, 2.75) is 6.04 Å². The summed E-state index contributed by atoms with van der Waals surface area (Å²) in [5.74, 6) is -0.494. The van der Waals surface area contributed by atoms with Gasteiger partial charge in [0.25, 0.3) is 5.91 Å². The van der Waals surface area contributed by atoms with Gasteiger partial charge in [0.1, 0.15) is 4.88 Å². The molecule has 1 aromatic carbocycles. The van der Waals surface area contributed by atoms with Gasteiger partial charge < -0.3 is 11.1 Å². The van der Waals surface area contributed by atoms with Crippen LogP contribution in [0.5, 0.6) is 0 Å². The fourth-order valence-electron chi connectivity index (χ4n) is 2.16. The maximum Gasteiger partial charge on any atom is 0.264 e. The first kappa shape index (κ1) is 14.4. The molecule has 3 N–H and O–H groups in total. The number of hydrogen-bond donors (Lipinski definition) is 2. The van der Waals surface area contributed by atoms with Crippen molar-refractivity contribution >= 4 is 54.5 Å². The number of hydrogen-bond acceptors (Lipinski definition) is 5. The number of amides is 1. The lowest BCUT2D eigenvalue weighted by molar-refractivity contribution is 0.0952. The molecule has 1 aliphatic heterocycles. The molecule has 1 aromatic heterocycles. The zero-order valence-electron chi connectivity index (χ0n) is 10.7. The number of nitrogens with two attached hydrogens (primary N) is 1. The number of carbonyl (C=O) groups excluding carboxylic acids is 1. The van der Waals surface area contributed by atoms with Crippen LogP contribution >= 0.6 is 22.9 Å². The van der Waals surface area contributed by atoms with Crippen LogP contribution in [-0.2, 0) is 9.84 Å². The highest BCUT2D eigenvalue weighted by Gasteiger charge is 2.25. The lowest BCUT2D eigenvalue weighted by atomic mass is 10.2. The summed E-state index contributed by atoms with van der Waals surface area (Å²) >= 11 is 7.15. The molecule has 5 nitrogen and oxygen atoms in total. The fourth-order valence-corrected chi connectivity index (χ4v) is 4.70. The van der Waals surface area contributed by atoms with E-state index in [0.29, 0.717) is 15.6 Å². The van der Waals surface area contributed by atoms with Crippen LogP contribution < -0.4 is 11.1 Å². The molecule has 1 amide bonds. The molecule has 1 unspecified atom stereocenters. The number of halogens is 1. The fraction of sp³-hybridized carbons (Fsp3) is 0.154. The lowest BCUT2D eigenvalue weighted by Gasteiger charge is -2.09. The number of carbonyl (C=O) groups is 1. The van der Waals surface area contributed by atoms with E-state index >= 15 is 0 Å². The van der Waals surface area contributed by atoms with Gasteiger partial charge in [-0.3, -0.25) is 4.79 Å². The minimum atomic E-state index is -3.20. The Kier molecular flexibility index (Phi) is 3.43. The standard InChI is InChI=1S/C13H11ClN2O3S2/c14-7-1-2-9-10(5-7)20-12(11(9)15)13(17)16-8-3-4-21(18,19)6-8/h1-5,8H,6,15H2,(H,16,17). The summed E-state index contributed by atoms with van der Waals surface area (Å²) in [5.41, 5.74) is 6.37. The Morgan fingerprint density at radius 1 is 1.43 bits per heavy atom. The SMILES string of the molecule is Nc1c(C(=O)NC2C=CS(=O)(=O)C2)sc2cc(Cl)ccc12. The van der Waals surface area contributed by atoms with Gasteiger partial charge in [0.2, 0.25) is 0 Å². The van der Waals surface area contributed by atoms with E-state index < -0.39 is 15.9 Å². The smallest absolute Gasteiger partial charge is 0.264 e. The van der Waals surface area contributed by atoms with Gasteiger partial charge in [-0.15, -0.1) is 11.3 Å². The second-order valence-electron chi connectivity index (χ2n) is 4.72. The Morgan fingerprint density at radius 3 is 2.86 bits per heavy atom. The van der Waals surface area contributed by atoms with Gasteiger partial charge in [-0.05, 0) is 24.3 Å². The highest BCUT2D eigenvalue weighted by Crippen LogP contribution is 2.35. The number of nitrogen functional groups attached to an aromatic ring is 1. The Morgan fingerprint density at radius 2 is 2.19 bits per heavy atom. The van der Waals surface area contributed by atoms with Gasteiger partial charge >= 0.3 is 0 Å². The quantitative estimate of drug-likeness (QED) is 0.875. The first-order valence-corrected chi connectivity index (χ1v) is 8.96. The molecule has 8 heteroatoms. The third kappa shape index (κ3) is 2.76. The van der Waals surface area contributed by atoms with Crippen molar-refractivity contribution in [3.63, 3.8) is 0 Å². The van der Waals surface area contributed by atoms with Crippen LogP contribution in [0.1, 0.15) is 9.67 Å². The van der Waals surface area contributed by atoms with Crippen molar-refractivity contribution in [1.82, 2.24) is 5.32 Å². The Hall–Kier alpha value is -1.57. The molecule has 0 saturated heterocycles. The van der Waals surface area contributed by atoms with Crippen molar-refractivity contribution < 1.29 is 13.2 Å². The first-order valence-electron chi connectivity index (χ1n) is 6.05. The number of fused-ring (bicyclic) bond motifs is 1. The molecule has 2 aromatic rings. The maximum absolute atomic E-state index is 12.2. The number of anilines is 1. The zero-order valence-corrected chi connectivity index (χ0v) is 13.1. The average molecular weight is 343 g/mol. The molecule has 1 aliphatic rings. The summed E-state index contributed by atoms with van der Waals surface area (Å²) < 4.78 is 23.5. The average Bonchev–Trinajstić information content (AvgIpc) is 2.90. The number of nitrogens with one attached hydrogen (secondary N) is 1. The van der Waals surface area contributed by atoms with E-state index in [9.17, 15) is 13.2 Å². The molecule has 0 fully saturated rings. The largest absolute Gasteiger partial charge is 0.397 e. The van der Waals surface area contributed by atoms with E-state index in [4.69, 9.17) is 17.3 Å². The molecule has 0 aliphatic carbocycles. The molecule has 110 valence electrons. The Labute approximate surface area is 130 Å². The van der Waals surface area contributed by atoms with Crippen LogP contribution in [-0.4, -0.2) is 26.1 Å². The van der Waals surface area contributed by atoms with Crippen LogP contribution in [0.4, 0.5) is 5.69 Å². The van der Waals surface area contributed by atoms with Crippen LogP contribution in [0.25, 0.3) is 10.1 Å². The molecule has 0 bridgehead atoms. The van der Waals surface area contributed by atoms with Crippen molar-refractivity contribution in [3.05, 3.63) is 39.6 Å². The topological polar surface area (TPSA) is 89.3 Å². The van der Waals surface area contributed by atoms with E-state index in [-0.39, 0.29) is 11.7 Å². The highest BCUT2D eigenvalue weighted by molar-refractivity contribution is 7.94. The summed E-state index contributed by atoms with van der Waals surface area (Å²) in [4.78, 5) is 12.6. The van der Waals surface area contributed by atoms with Gasteiger partial charge in [0.15, 0.2) is 9.84 Å². The summed E-state index contributed by atoms with van der Waals surface area (Å²) in [6, 6.07) is 4.70. The third-order valence-electron chi connectivity index (χ3n) is 3.14. The monoisotopic (exact) mass is 342 g/mol. The molecular formula is C13H11ClN2O3S2. The maximum atomic E-state index is 12.2. The number of thiophene rings is 1. The van der Waals surface area contributed by atoms with Gasteiger partial charge in [0, 0.05) is 20.5 Å². The van der Waals surface area contributed by atoms with Crippen LogP contribution in [0.3, 0.4) is 0 Å². The Bertz CT molecular complexity index is 871. The van der Waals surface area contributed by atoms with E-state index in [0.717, 1.165) is 15.5 Å². The molecule has 21 heavy (non-hydrogen) atoms. The number of rotatable bonds is 2. The van der Waals surface area contributed by atoms with Gasteiger partial charge in [-0.1, -0.05) is 11.6 Å². The van der Waals surface area contributed by atoms with E-state index in [1.807, 2.05) is 0 Å². The number of benzene rings is 1. The second-order valence-corrected chi connectivity index (χ2v) is 8.14. The van der Waals surface area contributed by atoms with E-state index in [1.165, 1.54) is 17.4 Å². The summed E-state index contributed by atoms with van der Waals surface area (Å²) in [5, 5.41) is 5.11. The molecule has 1 atom stereocenters. The van der Waals surface area contributed by atoms with Crippen molar-refractivity contribution in [2.24, 2.45) is 0 Å². The minimum Gasteiger partial charge on any atom is -0.397 e. The van der Waals surface area contributed by atoms with Crippen molar-refractivity contribution in [3.8, 4) is 0 Å². The summed E-state index contributed by atoms with van der Waals surface area (Å²) in [6.45, 7) is 0. The summed E-state index contributed by atoms with van der Waals surface area (Å²) in [6.07, 6.45) is 1.47. The van der Waals surface area contributed by atoms with E-state index in [2.05, 4.69) is 5.32 Å². The normalized spacial score (nSPS) is 20.0. The molecule has 2 heterocycles. The molecule has 3 rings (SSSR count). The summed E-state index contributed by atoms with van der Waals surface area (Å²) in [7, 11) is -3.20. The lowest BCUT2D eigenvalue weighted by Crippen LogP contribution is -2.35. The molecule has 0 saturated carbocycles. The van der Waals surface area contributed by atoms with Gasteiger partial charge in [-0.2, -0.15) is 0 Å². The second kappa shape index (κ2) is 5.01. The van der Waals surface area contributed by atoms with Crippen LogP contribution in [0.15, 0.2) is 29.7 Å². The minimum absolute atomic E-state index is 0.116. The zero-order chi connectivity index (χ0) is 15.2. The van der Waals surface area contributed by atoms with Crippen molar-refractivity contribution in [2.75, 3.05) is 11.5 Å². The van der Waals surface area contributed by atoms with Crippen LogP contribution in [0, 0.1) is 0 Å². The van der Waals surface area contributed by atoms with Crippen LogP contribution in [0.2, 0.25) is 5.02 Å². The molecular weight excluding hydrogens is 332 g/mol. The third-order valence-corrected chi connectivity index (χ3v) is 5.94. The predicted molar refractivity (Wildman–Crippen MR) is 85.4 cm³/mol. The van der Waals surface area contributed by atoms with E-state index in [1.54, 1.807) is 18.2 Å². The van der Waals surface area contributed by atoms with Crippen molar-refractivity contribution in [1.29, 1.82) is 0 Å². The van der Waals surface area contributed by atoms with Gasteiger partial charge in [-0.25, -0.2) is 8.42 Å². The number of sulfone groups is 1. The van der Waals surface area contributed by atoms with Gasteiger partial charge in [0.05, 0.1) is 17.5 Å².